The Kier molecular flexibility index (Phi) is 3.63. The minimum Gasteiger partial charge on any atom is -0.311 e. The molecule has 0 spiro atoms. The number of hydrogen-bond donors (Lipinski definition) is 0. The predicted molar refractivity (Wildman–Crippen MR) is 79.1 cm³/mol. The van der Waals surface area contributed by atoms with Gasteiger partial charge >= 0.3 is 0 Å². The molecule has 18 heavy (non-hydrogen) atoms. The number of nitrogens with zero attached hydrogens (tertiary/aromatic N) is 1. The molecular formula is C17H17N. The van der Waals surface area contributed by atoms with Crippen LogP contribution in [0.25, 0.3) is 0 Å². The third kappa shape index (κ3) is 2.51. The van der Waals surface area contributed by atoms with Gasteiger partial charge in [-0.25, -0.2) is 0 Å². The van der Waals surface area contributed by atoms with Gasteiger partial charge in [-0.15, -0.1) is 0 Å². The van der Waals surface area contributed by atoms with Crippen molar-refractivity contribution < 1.29 is 0 Å². The van der Waals surface area contributed by atoms with Gasteiger partial charge in [0.25, 0.3) is 0 Å². The molecule has 0 unspecified atom stereocenters. The van der Waals surface area contributed by atoms with Gasteiger partial charge in [-0.05, 0) is 42.8 Å². The van der Waals surface area contributed by atoms with Gasteiger partial charge in [-0.3, -0.25) is 0 Å². The van der Waals surface area contributed by atoms with Crippen LogP contribution in [-0.4, -0.2) is 0 Å². The normalized spacial score (nSPS) is 9.83. The van der Waals surface area contributed by atoms with Gasteiger partial charge in [0.05, 0.1) is 0 Å². The summed E-state index contributed by atoms with van der Waals surface area (Å²) < 4.78 is 0. The molecule has 2 aromatic carbocycles. The molecule has 90 valence electrons. The van der Waals surface area contributed by atoms with Crippen LogP contribution < -0.4 is 4.90 Å². The first-order valence-electron chi connectivity index (χ1n) is 5.95. The standard InChI is InChI=1S/C17H17N/c1-4-15(3)18(16-10-6-5-7-11-16)17-12-8-9-14(2)13-17/h4-13H,1,3H2,2H3. The fourth-order valence-corrected chi connectivity index (χ4v) is 1.92. The highest BCUT2D eigenvalue weighted by Gasteiger charge is 2.10. The first kappa shape index (κ1) is 12.2. The molecule has 0 aliphatic rings. The van der Waals surface area contributed by atoms with Crippen LogP contribution in [0.15, 0.2) is 79.5 Å². The summed E-state index contributed by atoms with van der Waals surface area (Å²) in [5.74, 6) is 0. The Morgan fingerprint density at radius 1 is 1.00 bits per heavy atom. The second kappa shape index (κ2) is 5.37. The summed E-state index contributed by atoms with van der Waals surface area (Å²) >= 11 is 0. The highest BCUT2D eigenvalue weighted by Crippen LogP contribution is 2.29. The van der Waals surface area contributed by atoms with Crippen LogP contribution in [0.1, 0.15) is 5.56 Å². The fourth-order valence-electron chi connectivity index (χ4n) is 1.92. The molecule has 1 heteroatoms. The van der Waals surface area contributed by atoms with E-state index >= 15 is 0 Å². The van der Waals surface area contributed by atoms with Gasteiger partial charge < -0.3 is 4.90 Å². The second-order valence-electron chi connectivity index (χ2n) is 4.21. The largest absolute Gasteiger partial charge is 0.311 e. The molecule has 2 rings (SSSR count). The number of hydrogen-bond acceptors (Lipinski definition) is 1. The fraction of sp³-hybridized carbons (Fsp3) is 0.0588. The van der Waals surface area contributed by atoms with Gasteiger partial charge in [0.15, 0.2) is 0 Å². The highest BCUT2D eigenvalue weighted by molar-refractivity contribution is 5.69. The average Bonchev–Trinajstić information content (AvgIpc) is 2.40. The molecule has 0 heterocycles. The monoisotopic (exact) mass is 235 g/mol. The molecule has 0 amide bonds. The van der Waals surface area contributed by atoms with E-state index in [1.807, 2.05) is 18.2 Å². The topological polar surface area (TPSA) is 3.24 Å². The molecule has 0 atom stereocenters. The van der Waals surface area contributed by atoms with E-state index < -0.39 is 0 Å². The van der Waals surface area contributed by atoms with Gasteiger partial charge in [-0.1, -0.05) is 43.5 Å². The number of para-hydroxylation sites is 1. The molecular weight excluding hydrogens is 218 g/mol. The zero-order valence-corrected chi connectivity index (χ0v) is 10.6. The molecule has 0 bridgehead atoms. The number of allylic oxidation sites excluding steroid dienone is 1. The SMILES string of the molecule is C=CC(=C)N(c1ccccc1)c1cccc(C)c1. The molecule has 0 N–H and O–H groups in total. The summed E-state index contributed by atoms with van der Waals surface area (Å²) in [5, 5.41) is 0. The van der Waals surface area contributed by atoms with Crippen LogP contribution in [0.5, 0.6) is 0 Å². The molecule has 0 aliphatic carbocycles. The van der Waals surface area contributed by atoms with Crippen molar-refractivity contribution in [2.24, 2.45) is 0 Å². The first-order valence-corrected chi connectivity index (χ1v) is 5.95. The predicted octanol–water partition coefficient (Wildman–Crippen LogP) is 4.83. The molecule has 0 aliphatic heterocycles. The Bertz CT molecular complexity index is 555. The smallest absolute Gasteiger partial charge is 0.0463 e. The number of rotatable bonds is 4. The van der Waals surface area contributed by atoms with Crippen molar-refractivity contribution in [2.45, 2.75) is 6.92 Å². The number of benzene rings is 2. The highest BCUT2D eigenvalue weighted by atomic mass is 15.1. The van der Waals surface area contributed by atoms with Crippen molar-refractivity contribution in [3.8, 4) is 0 Å². The Labute approximate surface area is 109 Å². The Hall–Kier alpha value is -2.28. The summed E-state index contributed by atoms with van der Waals surface area (Å²) in [6, 6.07) is 18.5. The third-order valence-corrected chi connectivity index (χ3v) is 2.80. The van der Waals surface area contributed by atoms with Crippen molar-refractivity contribution >= 4 is 11.4 Å². The molecule has 0 saturated heterocycles. The Morgan fingerprint density at radius 2 is 1.67 bits per heavy atom. The van der Waals surface area contributed by atoms with E-state index in [1.54, 1.807) is 6.08 Å². The van der Waals surface area contributed by atoms with Crippen LogP contribution in [0.3, 0.4) is 0 Å². The lowest BCUT2D eigenvalue weighted by Crippen LogP contribution is -2.13. The lowest BCUT2D eigenvalue weighted by Gasteiger charge is -2.25. The quantitative estimate of drug-likeness (QED) is 0.686. The zero-order valence-electron chi connectivity index (χ0n) is 10.6. The minimum atomic E-state index is 0.867. The summed E-state index contributed by atoms with van der Waals surface area (Å²) in [7, 11) is 0. The molecule has 2 aromatic rings. The maximum Gasteiger partial charge on any atom is 0.0463 e. The van der Waals surface area contributed by atoms with E-state index in [-0.39, 0.29) is 0 Å². The van der Waals surface area contributed by atoms with Crippen LogP contribution >= 0.6 is 0 Å². The van der Waals surface area contributed by atoms with Crippen LogP contribution in [0.2, 0.25) is 0 Å². The maximum atomic E-state index is 4.06. The summed E-state index contributed by atoms with van der Waals surface area (Å²) in [6.45, 7) is 9.96. The van der Waals surface area contributed by atoms with E-state index in [1.165, 1.54) is 5.56 Å². The van der Waals surface area contributed by atoms with E-state index in [0.717, 1.165) is 17.1 Å². The average molecular weight is 235 g/mol. The van der Waals surface area contributed by atoms with Gasteiger partial charge in [0.1, 0.15) is 0 Å². The summed E-state index contributed by atoms with van der Waals surface area (Å²) in [4.78, 5) is 2.10. The Morgan fingerprint density at radius 3 is 2.28 bits per heavy atom. The molecule has 0 aromatic heterocycles. The van der Waals surface area contributed by atoms with E-state index in [0.29, 0.717) is 0 Å². The number of anilines is 2. The lowest BCUT2D eigenvalue weighted by atomic mass is 10.1. The molecule has 0 radical (unpaired) electrons. The van der Waals surface area contributed by atoms with E-state index in [9.17, 15) is 0 Å². The van der Waals surface area contributed by atoms with Gasteiger partial charge in [-0.2, -0.15) is 0 Å². The van der Waals surface area contributed by atoms with Crippen molar-refractivity contribution in [1.29, 1.82) is 0 Å². The third-order valence-electron chi connectivity index (χ3n) is 2.80. The van der Waals surface area contributed by atoms with Crippen molar-refractivity contribution in [3.63, 3.8) is 0 Å². The number of aryl methyl sites for hydroxylation is 1. The molecule has 0 saturated carbocycles. The Balaban J connectivity index is 2.50. The second-order valence-corrected chi connectivity index (χ2v) is 4.21. The van der Waals surface area contributed by atoms with Crippen molar-refractivity contribution in [2.75, 3.05) is 4.90 Å². The van der Waals surface area contributed by atoms with E-state index in [4.69, 9.17) is 0 Å². The molecule has 1 nitrogen and oxygen atoms in total. The van der Waals surface area contributed by atoms with Crippen LogP contribution in [0.4, 0.5) is 11.4 Å². The zero-order chi connectivity index (χ0) is 13.0. The van der Waals surface area contributed by atoms with Crippen LogP contribution in [-0.2, 0) is 0 Å². The summed E-state index contributed by atoms with van der Waals surface area (Å²) in [6.07, 6.45) is 1.77. The minimum absolute atomic E-state index is 0.867. The van der Waals surface area contributed by atoms with Crippen molar-refractivity contribution in [1.82, 2.24) is 0 Å². The van der Waals surface area contributed by atoms with Gasteiger partial charge in [0, 0.05) is 17.1 Å². The first-order chi connectivity index (χ1) is 8.72. The van der Waals surface area contributed by atoms with E-state index in [2.05, 4.69) is 61.4 Å². The molecule has 0 fully saturated rings. The maximum absolute atomic E-state index is 4.06. The van der Waals surface area contributed by atoms with Crippen LogP contribution in [0, 0.1) is 6.92 Å². The lowest BCUT2D eigenvalue weighted by molar-refractivity contribution is 1.21. The summed E-state index contributed by atoms with van der Waals surface area (Å²) in [5.41, 5.74) is 4.29. The van der Waals surface area contributed by atoms with Gasteiger partial charge in [0.2, 0.25) is 0 Å². The van der Waals surface area contributed by atoms with Crippen molar-refractivity contribution in [3.05, 3.63) is 85.1 Å².